The van der Waals surface area contributed by atoms with Crippen LogP contribution in [0, 0.1) is 0 Å². The third-order valence-electron chi connectivity index (χ3n) is 2.51. The molecule has 2 N–H and O–H groups in total. The maximum atomic E-state index is 12.2. The fourth-order valence-corrected chi connectivity index (χ4v) is 1.38. The van der Waals surface area contributed by atoms with Crippen LogP contribution in [-0.4, -0.2) is 61.2 Å². The summed E-state index contributed by atoms with van der Waals surface area (Å²) in [6.45, 7) is 1.09. The molecule has 0 aromatic rings. The summed E-state index contributed by atoms with van der Waals surface area (Å²) in [6, 6.07) is 0. The van der Waals surface area contributed by atoms with Crippen LogP contribution in [0.2, 0.25) is 0 Å². The Morgan fingerprint density at radius 2 is 1.19 bits per heavy atom. The number of hydrogen-bond donors (Lipinski definition) is 2. The molecule has 0 spiro atoms. The van der Waals surface area contributed by atoms with Gasteiger partial charge in [0.15, 0.2) is 0 Å². The fraction of sp³-hybridized carbons (Fsp3) is 1.00. The van der Waals surface area contributed by atoms with E-state index in [9.17, 15) is 8.78 Å². The first-order valence-corrected chi connectivity index (χ1v) is 5.41. The van der Waals surface area contributed by atoms with Crippen molar-refractivity contribution in [2.45, 2.75) is 37.4 Å². The summed E-state index contributed by atoms with van der Waals surface area (Å²) in [7, 11) is 0. The van der Waals surface area contributed by atoms with E-state index in [1.165, 1.54) is 0 Å². The predicted octanol–water partition coefficient (Wildman–Crippen LogP) is 0.211. The molecule has 0 unspecified atom stereocenters. The van der Waals surface area contributed by atoms with E-state index in [0.717, 1.165) is 0 Å². The number of aliphatic hydroxyl groups excluding tert-OH is 2. The van der Waals surface area contributed by atoms with Gasteiger partial charge in [-0.15, -0.1) is 0 Å². The smallest absolute Gasteiger partial charge is 0.149 e. The molecule has 2 heterocycles. The molecule has 4 nitrogen and oxygen atoms in total. The minimum Gasteiger partial charge on any atom is -0.390 e. The third kappa shape index (κ3) is 4.69. The zero-order chi connectivity index (χ0) is 12.0. The molecule has 2 aliphatic heterocycles. The van der Waals surface area contributed by atoms with Gasteiger partial charge >= 0.3 is 0 Å². The van der Waals surface area contributed by atoms with E-state index in [1.54, 1.807) is 0 Å². The van der Waals surface area contributed by atoms with E-state index >= 15 is 0 Å². The van der Waals surface area contributed by atoms with Crippen LogP contribution in [0.5, 0.6) is 0 Å². The van der Waals surface area contributed by atoms with Crippen molar-refractivity contribution in [1.82, 2.24) is 0 Å². The molecular formula is C10H18F2O4. The molecule has 96 valence electrons. The summed E-state index contributed by atoms with van der Waals surface area (Å²) in [5.74, 6) is 0. The second-order valence-corrected chi connectivity index (χ2v) is 3.89. The summed E-state index contributed by atoms with van der Waals surface area (Å²) in [6.07, 6.45) is -3.04. The maximum Gasteiger partial charge on any atom is 0.149 e. The monoisotopic (exact) mass is 240 g/mol. The number of aliphatic hydroxyl groups is 2. The van der Waals surface area contributed by atoms with Gasteiger partial charge in [0.2, 0.25) is 0 Å². The minimum absolute atomic E-state index is 0.0567. The minimum atomic E-state index is -1.16. The molecule has 6 heteroatoms. The highest BCUT2D eigenvalue weighted by atomic mass is 19.1. The summed E-state index contributed by atoms with van der Waals surface area (Å²) in [5, 5.41) is 17.4. The van der Waals surface area contributed by atoms with Gasteiger partial charge in [-0.25, -0.2) is 8.78 Å². The van der Waals surface area contributed by atoms with Gasteiger partial charge in [-0.05, 0) is 12.8 Å². The third-order valence-corrected chi connectivity index (χ3v) is 2.51. The Morgan fingerprint density at radius 3 is 1.38 bits per heavy atom. The largest absolute Gasteiger partial charge is 0.390 e. The molecule has 0 aliphatic carbocycles. The molecule has 0 aromatic carbocycles. The molecule has 2 fully saturated rings. The topological polar surface area (TPSA) is 58.9 Å². The van der Waals surface area contributed by atoms with Crippen molar-refractivity contribution in [2.24, 2.45) is 0 Å². The highest BCUT2D eigenvalue weighted by molar-refractivity contribution is 4.70. The van der Waals surface area contributed by atoms with Gasteiger partial charge in [0.05, 0.1) is 25.4 Å². The second-order valence-electron chi connectivity index (χ2n) is 3.89. The van der Waals surface area contributed by atoms with Gasteiger partial charge in [0.25, 0.3) is 0 Å². The molecule has 2 aliphatic rings. The van der Waals surface area contributed by atoms with E-state index in [1.807, 2.05) is 0 Å². The van der Waals surface area contributed by atoms with Crippen molar-refractivity contribution in [3.8, 4) is 0 Å². The van der Waals surface area contributed by atoms with Crippen LogP contribution in [0.4, 0.5) is 8.78 Å². The summed E-state index contributed by atoms with van der Waals surface area (Å²) >= 11 is 0. The first-order valence-electron chi connectivity index (χ1n) is 5.41. The molecule has 4 atom stereocenters. The first-order chi connectivity index (χ1) is 7.61. The Balaban J connectivity index is 0.000000160. The van der Waals surface area contributed by atoms with Gasteiger partial charge in [0, 0.05) is 13.2 Å². The summed E-state index contributed by atoms with van der Waals surface area (Å²) in [5.41, 5.74) is 0. The highest BCUT2D eigenvalue weighted by Crippen LogP contribution is 2.10. The Kier molecular flexibility index (Phi) is 6.12. The quantitative estimate of drug-likeness (QED) is 0.635. The molecule has 0 saturated carbocycles. The lowest BCUT2D eigenvalue weighted by atomic mass is 10.1. The van der Waals surface area contributed by atoms with Crippen LogP contribution in [0.3, 0.4) is 0 Å². The standard InChI is InChI=1S/2C5H9FO2/c2*6-4-3-8-2-1-5(4)7/h2*4-5,7H,1-3H2/t2*4-,5+/m10/s1. The van der Waals surface area contributed by atoms with Gasteiger partial charge < -0.3 is 19.7 Å². The number of halogens is 2. The molecule has 0 amide bonds. The van der Waals surface area contributed by atoms with Crippen LogP contribution in [0.15, 0.2) is 0 Å². The van der Waals surface area contributed by atoms with Crippen LogP contribution >= 0.6 is 0 Å². The summed E-state index contributed by atoms with van der Waals surface area (Å²) in [4.78, 5) is 0. The van der Waals surface area contributed by atoms with Crippen molar-refractivity contribution in [3.05, 3.63) is 0 Å². The number of hydrogen-bond acceptors (Lipinski definition) is 4. The van der Waals surface area contributed by atoms with Gasteiger partial charge in [-0.2, -0.15) is 0 Å². The van der Waals surface area contributed by atoms with E-state index in [0.29, 0.717) is 26.1 Å². The van der Waals surface area contributed by atoms with E-state index < -0.39 is 24.6 Å². The molecule has 0 bridgehead atoms. The lowest BCUT2D eigenvalue weighted by molar-refractivity contribution is -0.0494. The number of alkyl halides is 2. The van der Waals surface area contributed by atoms with Crippen molar-refractivity contribution in [1.29, 1.82) is 0 Å². The summed E-state index contributed by atoms with van der Waals surface area (Å²) < 4.78 is 33.8. The fourth-order valence-electron chi connectivity index (χ4n) is 1.38. The van der Waals surface area contributed by atoms with Gasteiger partial charge in [-0.1, -0.05) is 0 Å². The average Bonchev–Trinajstić information content (AvgIpc) is 2.28. The first kappa shape index (κ1) is 13.8. The van der Waals surface area contributed by atoms with Crippen molar-refractivity contribution < 1.29 is 28.5 Å². The zero-order valence-corrected chi connectivity index (χ0v) is 9.02. The molecule has 2 saturated heterocycles. The van der Waals surface area contributed by atoms with Crippen LogP contribution in [0.25, 0.3) is 0 Å². The van der Waals surface area contributed by atoms with Crippen molar-refractivity contribution >= 4 is 0 Å². The van der Waals surface area contributed by atoms with E-state index in [4.69, 9.17) is 19.7 Å². The average molecular weight is 240 g/mol. The van der Waals surface area contributed by atoms with Crippen LogP contribution in [0.1, 0.15) is 12.8 Å². The van der Waals surface area contributed by atoms with Gasteiger partial charge in [-0.3, -0.25) is 0 Å². The predicted molar refractivity (Wildman–Crippen MR) is 52.7 cm³/mol. The second kappa shape index (κ2) is 7.11. The van der Waals surface area contributed by atoms with Crippen LogP contribution < -0.4 is 0 Å². The Morgan fingerprint density at radius 1 is 0.812 bits per heavy atom. The maximum absolute atomic E-state index is 12.2. The van der Waals surface area contributed by atoms with E-state index in [-0.39, 0.29) is 13.2 Å². The van der Waals surface area contributed by atoms with E-state index in [2.05, 4.69) is 0 Å². The molecule has 16 heavy (non-hydrogen) atoms. The highest BCUT2D eigenvalue weighted by Gasteiger charge is 2.22. The lowest BCUT2D eigenvalue weighted by Gasteiger charge is -2.20. The number of ether oxygens (including phenoxy) is 2. The molecular weight excluding hydrogens is 222 g/mol. The molecule has 2 rings (SSSR count). The number of rotatable bonds is 0. The van der Waals surface area contributed by atoms with Gasteiger partial charge in [0.1, 0.15) is 12.3 Å². The molecule has 0 aromatic heterocycles. The lowest BCUT2D eigenvalue weighted by Crippen LogP contribution is -2.32. The SMILES string of the molecule is O[C@@H]1CCOC[C@@H]1F.O[C@H]1CCOC[C@H]1F. The Hall–Kier alpha value is -0.300. The van der Waals surface area contributed by atoms with Crippen molar-refractivity contribution in [3.63, 3.8) is 0 Å². The van der Waals surface area contributed by atoms with Crippen LogP contribution in [-0.2, 0) is 9.47 Å². The zero-order valence-electron chi connectivity index (χ0n) is 9.02. The normalized spacial score (nSPS) is 39.8. The van der Waals surface area contributed by atoms with Crippen molar-refractivity contribution in [2.75, 3.05) is 26.4 Å². The Bertz CT molecular complexity index is 154. The Labute approximate surface area is 93.2 Å². The molecule has 0 radical (unpaired) electrons.